The maximum atomic E-state index is 12.7. The summed E-state index contributed by atoms with van der Waals surface area (Å²) in [6.45, 7) is 5.98. The van der Waals surface area contributed by atoms with Crippen LogP contribution in [0.25, 0.3) is 5.69 Å². The van der Waals surface area contributed by atoms with Crippen LogP contribution in [0.5, 0.6) is 5.88 Å². The average Bonchev–Trinajstić information content (AvgIpc) is 2.99. The van der Waals surface area contributed by atoms with Gasteiger partial charge in [-0.3, -0.25) is 0 Å². The van der Waals surface area contributed by atoms with Crippen molar-refractivity contribution in [3.63, 3.8) is 0 Å². The topological polar surface area (TPSA) is 61.2 Å². The van der Waals surface area contributed by atoms with Crippen molar-refractivity contribution in [2.75, 3.05) is 0 Å². The van der Waals surface area contributed by atoms with Crippen molar-refractivity contribution in [1.82, 2.24) is 9.78 Å². The Morgan fingerprint density at radius 1 is 1.04 bits per heavy atom. The minimum Gasteiger partial charge on any atom is -0.358 e. The van der Waals surface area contributed by atoms with E-state index < -0.39 is 10.1 Å². The van der Waals surface area contributed by atoms with Gasteiger partial charge in [0.2, 0.25) is 5.88 Å². The highest BCUT2D eigenvalue weighted by Crippen LogP contribution is 2.30. The average molecular weight is 470 g/mol. The number of nitrogens with zero attached hydrogens (tertiary/aromatic N) is 2. The molecule has 5 nitrogen and oxygen atoms in total. The van der Waals surface area contributed by atoms with Crippen LogP contribution in [0, 0.1) is 0 Å². The zero-order valence-electron chi connectivity index (χ0n) is 15.0. The van der Waals surface area contributed by atoms with Gasteiger partial charge < -0.3 is 4.18 Å². The summed E-state index contributed by atoms with van der Waals surface area (Å²) < 4.78 is 33.1. The third-order valence-corrected chi connectivity index (χ3v) is 5.83. The molecule has 8 heteroatoms. The second-order valence-corrected chi connectivity index (χ2v) is 9.90. The van der Waals surface area contributed by atoms with Crippen molar-refractivity contribution >= 4 is 37.6 Å². The second kappa shape index (κ2) is 7.30. The van der Waals surface area contributed by atoms with Crippen molar-refractivity contribution in [3.8, 4) is 11.6 Å². The molecule has 0 saturated heterocycles. The lowest BCUT2D eigenvalue weighted by Gasteiger charge is -2.13. The highest BCUT2D eigenvalue weighted by atomic mass is 79.9. The van der Waals surface area contributed by atoms with E-state index in [4.69, 9.17) is 15.8 Å². The lowest BCUT2D eigenvalue weighted by molar-refractivity contribution is 0.464. The third kappa shape index (κ3) is 4.54. The number of aromatic nitrogens is 2. The van der Waals surface area contributed by atoms with E-state index in [9.17, 15) is 8.42 Å². The predicted octanol–water partition coefficient (Wildman–Crippen LogP) is 5.35. The van der Waals surface area contributed by atoms with Gasteiger partial charge in [0, 0.05) is 21.0 Å². The van der Waals surface area contributed by atoms with E-state index in [2.05, 4.69) is 21.0 Å². The van der Waals surface area contributed by atoms with E-state index in [0.29, 0.717) is 16.4 Å². The normalized spacial score (nSPS) is 12.2. The van der Waals surface area contributed by atoms with Crippen LogP contribution < -0.4 is 4.18 Å². The van der Waals surface area contributed by atoms with Crippen molar-refractivity contribution in [1.29, 1.82) is 0 Å². The van der Waals surface area contributed by atoms with Gasteiger partial charge in [0.05, 0.1) is 11.4 Å². The molecule has 0 radical (unpaired) electrons. The standard InChI is InChI=1S/C19H18BrClN2O3S/c1-19(2,3)17-12-18(23(22-17)15-8-6-14(21)7-9-15)26-27(24,25)16-10-4-13(20)5-11-16/h4-12H,1-3H3. The number of benzene rings is 2. The molecule has 0 amide bonds. The molecule has 27 heavy (non-hydrogen) atoms. The summed E-state index contributed by atoms with van der Waals surface area (Å²) >= 11 is 9.25. The maximum absolute atomic E-state index is 12.7. The number of rotatable bonds is 4. The van der Waals surface area contributed by atoms with Crippen LogP contribution in [0.2, 0.25) is 5.02 Å². The summed E-state index contributed by atoms with van der Waals surface area (Å²) in [6.07, 6.45) is 0. The Labute approximate surface area is 172 Å². The SMILES string of the molecule is CC(C)(C)c1cc(OS(=O)(=O)c2ccc(Br)cc2)n(-c2ccc(Cl)cc2)n1. The fraction of sp³-hybridized carbons (Fsp3) is 0.211. The minimum absolute atomic E-state index is 0.0619. The number of hydrogen-bond donors (Lipinski definition) is 0. The highest BCUT2D eigenvalue weighted by molar-refractivity contribution is 9.10. The van der Waals surface area contributed by atoms with Gasteiger partial charge in [-0.05, 0) is 48.5 Å². The lowest BCUT2D eigenvalue weighted by atomic mass is 9.93. The van der Waals surface area contributed by atoms with Gasteiger partial charge in [0.1, 0.15) is 4.90 Å². The first-order valence-electron chi connectivity index (χ1n) is 8.13. The van der Waals surface area contributed by atoms with Crippen LogP contribution in [0.15, 0.2) is 64.0 Å². The molecule has 0 fully saturated rings. The molecule has 2 aromatic carbocycles. The molecular formula is C19H18BrClN2O3S. The summed E-state index contributed by atoms with van der Waals surface area (Å²) in [5.41, 5.74) is 1.08. The summed E-state index contributed by atoms with van der Waals surface area (Å²) in [4.78, 5) is 0.0619. The molecule has 0 unspecified atom stereocenters. The Morgan fingerprint density at radius 3 is 2.19 bits per heavy atom. The number of hydrogen-bond acceptors (Lipinski definition) is 4. The summed E-state index contributed by atoms with van der Waals surface area (Å²) in [5, 5.41) is 5.13. The van der Waals surface area contributed by atoms with Crippen molar-refractivity contribution < 1.29 is 12.6 Å². The van der Waals surface area contributed by atoms with Gasteiger partial charge >= 0.3 is 10.1 Å². The van der Waals surface area contributed by atoms with Crippen LogP contribution in [0.3, 0.4) is 0 Å². The quantitative estimate of drug-likeness (QED) is 0.483. The van der Waals surface area contributed by atoms with Gasteiger partial charge in [0.25, 0.3) is 0 Å². The summed E-state index contributed by atoms with van der Waals surface area (Å²) in [7, 11) is -4.01. The zero-order chi connectivity index (χ0) is 19.8. The van der Waals surface area contributed by atoms with Crippen LogP contribution in [0.1, 0.15) is 26.5 Å². The fourth-order valence-corrected chi connectivity index (χ4v) is 3.62. The van der Waals surface area contributed by atoms with E-state index in [-0.39, 0.29) is 16.2 Å². The lowest BCUT2D eigenvalue weighted by Crippen LogP contribution is -2.13. The first-order chi connectivity index (χ1) is 12.6. The van der Waals surface area contributed by atoms with Gasteiger partial charge in [0.15, 0.2) is 0 Å². The molecule has 1 aromatic heterocycles. The Kier molecular flexibility index (Phi) is 5.38. The largest absolute Gasteiger partial charge is 0.358 e. The van der Waals surface area contributed by atoms with Gasteiger partial charge in [-0.1, -0.05) is 48.3 Å². The molecular weight excluding hydrogens is 452 g/mol. The molecule has 0 spiro atoms. The summed E-state index contributed by atoms with van der Waals surface area (Å²) in [6, 6.07) is 14.8. The maximum Gasteiger partial charge on any atom is 0.340 e. The Hall–Kier alpha value is -1.83. The van der Waals surface area contributed by atoms with Crippen LogP contribution in [-0.4, -0.2) is 18.2 Å². The van der Waals surface area contributed by atoms with Crippen molar-refractivity contribution in [2.45, 2.75) is 31.1 Å². The molecule has 142 valence electrons. The molecule has 0 aliphatic carbocycles. The highest BCUT2D eigenvalue weighted by Gasteiger charge is 2.25. The van der Waals surface area contributed by atoms with Gasteiger partial charge in [-0.15, -0.1) is 0 Å². The van der Waals surface area contributed by atoms with Crippen LogP contribution in [-0.2, 0) is 15.5 Å². The Morgan fingerprint density at radius 2 is 1.63 bits per heavy atom. The first kappa shape index (κ1) is 19.9. The van der Waals surface area contributed by atoms with E-state index in [1.54, 1.807) is 42.5 Å². The van der Waals surface area contributed by atoms with Gasteiger partial charge in [-0.25, -0.2) is 0 Å². The van der Waals surface area contributed by atoms with E-state index >= 15 is 0 Å². The fourth-order valence-electron chi connectivity index (χ4n) is 2.32. The molecule has 3 rings (SSSR count). The smallest absolute Gasteiger partial charge is 0.340 e. The molecule has 0 atom stereocenters. The molecule has 0 bridgehead atoms. The van der Waals surface area contributed by atoms with E-state index in [1.807, 2.05) is 20.8 Å². The minimum atomic E-state index is -4.01. The molecule has 0 saturated carbocycles. The van der Waals surface area contributed by atoms with Gasteiger partial charge in [-0.2, -0.15) is 18.2 Å². The predicted molar refractivity (Wildman–Crippen MR) is 109 cm³/mol. The Bertz CT molecular complexity index is 1050. The van der Waals surface area contributed by atoms with Crippen molar-refractivity contribution in [3.05, 3.63) is 69.8 Å². The van der Waals surface area contributed by atoms with Crippen LogP contribution in [0.4, 0.5) is 0 Å². The van der Waals surface area contributed by atoms with Crippen LogP contribution >= 0.6 is 27.5 Å². The Balaban J connectivity index is 2.07. The van der Waals surface area contributed by atoms with E-state index in [1.165, 1.54) is 16.8 Å². The monoisotopic (exact) mass is 468 g/mol. The molecule has 0 N–H and O–H groups in total. The molecule has 0 aliphatic rings. The third-order valence-electron chi connectivity index (χ3n) is 3.81. The van der Waals surface area contributed by atoms with Crippen molar-refractivity contribution in [2.24, 2.45) is 0 Å². The zero-order valence-corrected chi connectivity index (χ0v) is 18.1. The second-order valence-electron chi connectivity index (χ2n) is 7.00. The molecule has 3 aromatic rings. The number of halogens is 2. The summed E-state index contributed by atoms with van der Waals surface area (Å²) in [5.74, 6) is 0.116. The molecule has 0 aliphatic heterocycles. The molecule has 1 heterocycles. The first-order valence-corrected chi connectivity index (χ1v) is 10.7. The van der Waals surface area contributed by atoms with E-state index in [0.717, 1.165) is 4.47 Å².